The summed E-state index contributed by atoms with van der Waals surface area (Å²) >= 11 is 5.90. The average molecular weight is 331 g/mol. The van der Waals surface area contributed by atoms with Crippen LogP contribution in [0.3, 0.4) is 0 Å². The highest BCUT2D eigenvalue weighted by Gasteiger charge is 2.61. The summed E-state index contributed by atoms with van der Waals surface area (Å²) in [5.41, 5.74) is 0.786. The van der Waals surface area contributed by atoms with Crippen LogP contribution < -0.4 is 5.32 Å². The van der Waals surface area contributed by atoms with Crippen molar-refractivity contribution >= 4 is 23.3 Å². The third kappa shape index (κ3) is 2.61. The largest absolute Gasteiger partial charge is 0.464 e. The van der Waals surface area contributed by atoms with E-state index in [-0.39, 0.29) is 11.6 Å². The van der Waals surface area contributed by atoms with Gasteiger partial charge in [0.25, 0.3) is 0 Å². The number of furan rings is 1. The quantitative estimate of drug-likeness (QED) is 0.872. The fourth-order valence-electron chi connectivity index (χ4n) is 3.67. The summed E-state index contributed by atoms with van der Waals surface area (Å²) in [6.07, 6.45) is 3.34. The van der Waals surface area contributed by atoms with Gasteiger partial charge in [-0.25, -0.2) is 4.79 Å². The van der Waals surface area contributed by atoms with Gasteiger partial charge in [-0.15, -0.1) is 0 Å². The van der Waals surface area contributed by atoms with Crippen molar-refractivity contribution in [3.63, 3.8) is 0 Å². The molecule has 3 aliphatic rings. The van der Waals surface area contributed by atoms with Gasteiger partial charge in [-0.05, 0) is 68.5 Å². The molecule has 0 saturated heterocycles. The maximum Gasteiger partial charge on any atom is 0.322 e. The Hall–Kier alpha value is -1.94. The average Bonchev–Trinajstić information content (AvgIpc) is 2.83. The molecule has 0 unspecified atom stereocenters. The van der Waals surface area contributed by atoms with Crippen molar-refractivity contribution in [2.75, 3.05) is 5.32 Å². The molecule has 0 aliphatic heterocycles. The highest BCUT2D eigenvalue weighted by atomic mass is 35.5. The van der Waals surface area contributed by atoms with E-state index < -0.39 is 0 Å². The Kier molecular flexibility index (Phi) is 3.38. The van der Waals surface area contributed by atoms with E-state index in [0.29, 0.717) is 11.6 Å². The number of urea groups is 1. The number of nitrogens with zero attached hydrogens (tertiary/aromatic N) is 1. The maximum absolute atomic E-state index is 12.8. The summed E-state index contributed by atoms with van der Waals surface area (Å²) in [6, 6.07) is 11.0. The van der Waals surface area contributed by atoms with E-state index in [1.165, 1.54) is 0 Å². The van der Waals surface area contributed by atoms with Crippen molar-refractivity contribution in [2.45, 2.75) is 38.3 Å². The topological polar surface area (TPSA) is 45.5 Å². The van der Waals surface area contributed by atoms with E-state index in [2.05, 4.69) is 5.32 Å². The lowest BCUT2D eigenvalue weighted by Crippen LogP contribution is -2.69. The number of hydrogen-bond acceptors (Lipinski definition) is 2. The van der Waals surface area contributed by atoms with Crippen molar-refractivity contribution in [2.24, 2.45) is 5.92 Å². The fourth-order valence-corrected chi connectivity index (χ4v) is 3.79. The third-order valence-corrected chi connectivity index (χ3v) is 5.28. The summed E-state index contributed by atoms with van der Waals surface area (Å²) in [5.74, 6) is 2.51. The Morgan fingerprint density at radius 2 is 1.96 bits per heavy atom. The molecular weight excluding hydrogens is 312 g/mol. The van der Waals surface area contributed by atoms with Crippen LogP contribution in [0.5, 0.6) is 0 Å². The van der Waals surface area contributed by atoms with Crippen molar-refractivity contribution in [1.82, 2.24) is 4.90 Å². The van der Waals surface area contributed by atoms with Crippen LogP contribution in [-0.2, 0) is 6.54 Å². The smallest absolute Gasteiger partial charge is 0.322 e. The Morgan fingerprint density at radius 3 is 2.48 bits per heavy atom. The molecule has 5 rings (SSSR count). The van der Waals surface area contributed by atoms with Crippen molar-refractivity contribution in [3.8, 4) is 0 Å². The lowest BCUT2D eigenvalue weighted by molar-refractivity contribution is -0.123. The minimum atomic E-state index is -0.0699. The molecule has 5 heteroatoms. The molecule has 0 spiro atoms. The summed E-state index contributed by atoms with van der Waals surface area (Å²) in [7, 11) is 0. The Bertz CT molecular complexity index is 721. The number of rotatable bonds is 4. The lowest BCUT2D eigenvalue weighted by Gasteiger charge is -2.66. The molecule has 23 heavy (non-hydrogen) atoms. The van der Waals surface area contributed by atoms with E-state index in [4.69, 9.17) is 16.0 Å². The molecule has 0 atom stereocenters. The first-order valence-corrected chi connectivity index (χ1v) is 8.31. The number of amides is 2. The first-order chi connectivity index (χ1) is 11.0. The molecule has 1 aromatic carbocycles. The van der Waals surface area contributed by atoms with Gasteiger partial charge >= 0.3 is 6.03 Å². The molecule has 3 saturated carbocycles. The normalized spacial score (nSPS) is 24.5. The second-order valence-electron chi connectivity index (χ2n) is 6.74. The fraction of sp³-hybridized carbons (Fsp3) is 0.389. The number of benzene rings is 1. The van der Waals surface area contributed by atoms with Crippen LogP contribution in [-0.4, -0.2) is 16.5 Å². The Labute approximate surface area is 140 Å². The van der Waals surface area contributed by atoms with Crippen molar-refractivity contribution < 1.29 is 9.21 Å². The van der Waals surface area contributed by atoms with Gasteiger partial charge in [-0.3, -0.25) is 0 Å². The van der Waals surface area contributed by atoms with Crippen LogP contribution in [0.4, 0.5) is 10.5 Å². The van der Waals surface area contributed by atoms with Gasteiger partial charge in [-0.1, -0.05) is 11.6 Å². The SMILES string of the molecule is Cc1ccc(CN(C(=O)Nc2ccc(Cl)cc2)C23CC(C2)C3)o1. The van der Waals surface area contributed by atoms with E-state index >= 15 is 0 Å². The van der Waals surface area contributed by atoms with E-state index in [1.54, 1.807) is 12.1 Å². The van der Waals surface area contributed by atoms with E-state index in [9.17, 15) is 4.79 Å². The van der Waals surface area contributed by atoms with Gasteiger partial charge in [0, 0.05) is 16.2 Å². The number of hydrogen-bond donors (Lipinski definition) is 1. The molecule has 1 heterocycles. The van der Waals surface area contributed by atoms with E-state index in [0.717, 1.165) is 42.4 Å². The Balaban J connectivity index is 1.52. The van der Waals surface area contributed by atoms with Gasteiger partial charge in [0.15, 0.2) is 0 Å². The second kappa shape index (κ2) is 5.31. The number of aryl methyl sites for hydroxylation is 1. The van der Waals surface area contributed by atoms with Crippen LogP contribution in [0, 0.1) is 12.8 Å². The maximum atomic E-state index is 12.8. The van der Waals surface area contributed by atoms with Gasteiger partial charge in [0.1, 0.15) is 11.5 Å². The molecule has 3 aliphatic carbocycles. The molecule has 2 amide bonds. The predicted molar refractivity (Wildman–Crippen MR) is 89.5 cm³/mol. The first-order valence-electron chi connectivity index (χ1n) is 7.94. The Morgan fingerprint density at radius 1 is 1.26 bits per heavy atom. The third-order valence-electron chi connectivity index (χ3n) is 5.03. The molecule has 2 bridgehead atoms. The summed E-state index contributed by atoms with van der Waals surface area (Å²) in [6.45, 7) is 2.43. The zero-order chi connectivity index (χ0) is 16.0. The zero-order valence-electron chi connectivity index (χ0n) is 13.0. The molecular formula is C18H19ClN2O2. The number of halogens is 1. The minimum absolute atomic E-state index is 0.0296. The number of carbonyl (C=O) groups is 1. The van der Waals surface area contributed by atoms with Gasteiger partial charge in [0.05, 0.1) is 6.54 Å². The molecule has 1 N–H and O–H groups in total. The van der Waals surface area contributed by atoms with E-state index in [1.807, 2.05) is 36.1 Å². The van der Waals surface area contributed by atoms with Gasteiger partial charge < -0.3 is 14.6 Å². The predicted octanol–water partition coefficient (Wildman–Crippen LogP) is 4.83. The molecule has 2 aromatic rings. The minimum Gasteiger partial charge on any atom is -0.464 e. The van der Waals surface area contributed by atoms with Crippen molar-refractivity contribution in [1.29, 1.82) is 0 Å². The summed E-state index contributed by atoms with van der Waals surface area (Å²) in [5, 5.41) is 3.64. The van der Waals surface area contributed by atoms with Crippen LogP contribution in [0.2, 0.25) is 5.02 Å². The second-order valence-corrected chi connectivity index (χ2v) is 7.17. The number of nitrogens with one attached hydrogen (secondary N) is 1. The summed E-state index contributed by atoms with van der Waals surface area (Å²) < 4.78 is 5.67. The molecule has 3 fully saturated rings. The monoisotopic (exact) mass is 330 g/mol. The standard InChI is InChI=1S/C18H19ClN2O2/c1-12-2-7-16(23-12)11-21(18-8-13(9-18)10-18)17(22)20-15-5-3-14(19)4-6-15/h2-7,13H,8-11H2,1H3,(H,20,22). The summed E-state index contributed by atoms with van der Waals surface area (Å²) in [4.78, 5) is 14.8. The highest BCUT2D eigenvalue weighted by Crippen LogP contribution is 2.61. The first kappa shape index (κ1) is 14.6. The lowest BCUT2D eigenvalue weighted by atomic mass is 9.49. The van der Waals surface area contributed by atoms with Crippen LogP contribution in [0.25, 0.3) is 0 Å². The molecule has 1 aromatic heterocycles. The highest BCUT2D eigenvalue weighted by molar-refractivity contribution is 6.30. The molecule has 4 nitrogen and oxygen atoms in total. The van der Waals surface area contributed by atoms with Crippen LogP contribution >= 0.6 is 11.6 Å². The van der Waals surface area contributed by atoms with Crippen LogP contribution in [0.15, 0.2) is 40.8 Å². The van der Waals surface area contributed by atoms with Crippen LogP contribution in [0.1, 0.15) is 30.8 Å². The molecule has 0 radical (unpaired) electrons. The number of carbonyl (C=O) groups excluding carboxylic acids is 1. The molecule has 120 valence electrons. The zero-order valence-corrected chi connectivity index (χ0v) is 13.8. The van der Waals surface area contributed by atoms with Gasteiger partial charge in [0.2, 0.25) is 0 Å². The van der Waals surface area contributed by atoms with Crippen molar-refractivity contribution in [3.05, 3.63) is 52.9 Å². The van der Waals surface area contributed by atoms with Gasteiger partial charge in [-0.2, -0.15) is 0 Å². The number of anilines is 1.